The summed E-state index contributed by atoms with van der Waals surface area (Å²) in [6.07, 6.45) is 1.24. The van der Waals surface area contributed by atoms with Crippen LogP contribution >= 0.6 is 0 Å². The van der Waals surface area contributed by atoms with Crippen molar-refractivity contribution in [2.45, 2.75) is 34.6 Å². The first kappa shape index (κ1) is 15.3. The number of hydrogen-bond donors (Lipinski definition) is 1. The number of aryl methyl sites for hydroxylation is 3. The molecule has 3 heteroatoms. The Morgan fingerprint density at radius 2 is 1.79 bits per heavy atom. The number of benzene rings is 1. The maximum absolute atomic E-state index is 10.8. The van der Waals surface area contributed by atoms with Gasteiger partial charge in [-0.2, -0.15) is 0 Å². The minimum Gasteiger partial charge on any atom is -0.489 e. The van der Waals surface area contributed by atoms with Gasteiger partial charge in [-0.25, -0.2) is 4.79 Å². The lowest BCUT2D eigenvalue weighted by atomic mass is 10.0. The molecule has 0 heterocycles. The van der Waals surface area contributed by atoms with Gasteiger partial charge in [0.15, 0.2) is 0 Å². The van der Waals surface area contributed by atoms with Gasteiger partial charge in [-0.15, -0.1) is 0 Å². The average Bonchev–Trinajstić information content (AvgIpc) is 2.25. The first-order chi connectivity index (χ1) is 8.81. The lowest BCUT2D eigenvalue weighted by Gasteiger charge is -2.16. The summed E-state index contributed by atoms with van der Waals surface area (Å²) in [4.78, 5) is 10.8. The highest BCUT2D eigenvalue weighted by molar-refractivity contribution is 5.80. The fraction of sp³-hybridized carbons (Fsp3) is 0.438. The predicted molar refractivity (Wildman–Crippen MR) is 76.7 cm³/mol. The van der Waals surface area contributed by atoms with Crippen LogP contribution in [0.3, 0.4) is 0 Å². The van der Waals surface area contributed by atoms with E-state index in [0.29, 0.717) is 6.61 Å². The molecule has 0 spiro atoms. The summed E-state index contributed by atoms with van der Waals surface area (Å²) >= 11 is 0. The first-order valence-corrected chi connectivity index (χ1v) is 6.45. The molecule has 0 atom stereocenters. The van der Waals surface area contributed by atoms with Crippen LogP contribution < -0.4 is 4.74 Å². The Morgan fingerprint density at radius 3 is 2.21 bits per heavy atom. The lowest BCUT2D eigenvalue weighted by molar-refractivity contribution is -0.131. The van der Waals surface area contributed by atoms with E-state index in [0.717, 1.165) is 22.4 Å². The van der Waals surface area contributed by atoms with E-state index in [2.05, 4.69) is 12.1 Å². The van der Waals surface area contributed by atoms with E-state index >= 15 is 0 Å². The van der Waals surface area contributed by atoms with Gasteiger partial charge in [0.25, 0.3) is 0 Å². The molecule has 0 saturated carbocycles. The summed E-state index contributed by atoms with van der Waals surface area (Å²) in [6, 6.07) is 4.14. The molecule has 0 radical (unpaired) electrons. The molecule has 0 fully saturated rings. The molecule has 1 N–H and O–H groups in total. The molecule has 1 aromatic carbocycles. The number of carbonyl (C=O) groups is 1. The van der Waals surface area contributed by atoms with Gasteiger partial charge in [0.1, 0.15) is 12.4 Å². The van der Waals surface area contributed by atoms with Crippen LogP contribution in [-0.2, 0) is 4.79 Å². The second kappa shape index (κ2) is 6.41. The van der Waals surface area contributed by atoms with Crippen LogP contribution in [0.1, 0.15) is 30.5 Å². The van der Waals surface area contributed by atoms with Crippen molar-refractivity contribution in [2.24, 2.45) is 5.92 Å². The predicted octanol–water partition coefficient (Wildman–Crippen LogP) is 3.66. The van der Waals surface area contributed by atoms with Crippen molar-refractivity contribution in [1.82, 2.24) is 0 Å². The molecule has 19 heavy (non-hydrogen) atoms. The first-order valence-electron chi connectivity index (χ1n) is 6.45. The van der Waals surface area contributed by atoms with E-state index in [-0.39, 0.29) is 5.92 Å². The monoisotopic (exact) mass is 262 g/mol. The normalized spacial score (nSPS) is 11.8. The van der Waals surface area contributed by atoms with Gasteiger partial charge in [-0.1, -0.05) is 31.5 Å². The summed E-state index contributed by atoms with van der Waals surface area (Å²) in [6.45, 7) is 10.3. The summed E-state index contributed by atoms with van der Waals surface area (Å²) in [7, 11) is 0. The zero-order chi connectivity index (χ0) is 14.6. The van der Waals surface area contributed by atoms with Gasteiger partial charge in [-0.05, 0) is 43.4 Å². The lowest BCUT2D eigenvalue weighted by Crippen LogP contribution is -2.10. The fourth-order valence-electron chi connectivity index (χ4n) is 2.08. The van der Waals surface area contributed by atoms with Crippen LogP contribution in [0.15, 0.2) is 23.8 Å². The van der Waals surface area contributed by atoms with Gasteiger partial charge in [0.2, 0.25) is 0 Å². The number of ether oxygens (including phenoxy) is 1. The second-order valence-electron chi connectivity index (χ2n) is 5.23. The average molecular weight is 262 g/mol. The zero-order valence-electron chi connectivity index (χ0n) is 12.3. The standard InChI is InChI=1S/C16H22O3/c1-10(2)14(8-15(17)18)9-19-16-12(4)6-11(3)7-13(16)5/h6-8,10H,9H2,1-5H3,(H,17,18)/b14-8-. The molecular weight excluding hydrogens is 240 g/mol. The molecule has 104 valence electrons. The van der Waals surface area contributed by atoms with Crippen molar-refractivity contribution in [2.75, 3.05) is 6.61 Å². The molecule has 0 bridgehead atoms. The van der Waals surface area contributed by atoms with Gasteiger partial charge < -0.3 is 9.84 Å². The Bertz CT molecular complexity index is 476. The Hall–Kier alpha value is -1.77. The van der Waals surface area contributed by atoms with Crippen molar-refractivity contribution in [3.8, 4) is 5.75 Å². The molecular formula is C16H22O3. The van der Waals surface area contributed by atoms with Crippen molar-refractivity contribution in [3.05, 3.63) is 40.5 Å². The highest BCUT2D eigenvalue weighted by Crippen LogP contribution is 2.25. The molecule has 0 aliphatic rings. The van der Waals surface area contributed by atoms with E-state index in [9.17, 15) is 4.79 Å². The number of carboxylic acids is 1. The Morgan fingerprint density at radius 1 is 1.26 bits per heavy atom. The van der Waals surface area contributed by atoms with Crippen molar-refractivity contribution < 1.29 is 14.6 Å². The van der Waals surface area contributed by atoms with Crippen LogP contribution in [0.4, 0.5) is 0 Å². The second-order valence-corrected chi connectivity index (χ2v) is 5.23. The Labute approximate surface area is 114 Å². The highest BCUT2D eigenvalue weighted by atomic mass is 16.5. The number of hydrogen-bond acceptors (Lipinski definition) is 2. The molecule has 1 rings (SSSR count). The van der Waals surface area contributed by atoms with E-state index in [1.165, 1.54) is 11.6 Å². The largest absolute Gasteiger partial charge is 0.489 e. The Kier molecular flexibility index (Phi) is 5.16. The molecule has 0 aliphatic carbocycles. The van der Waals surface area contributed by atoms with Crippen molar-refractivity contribution >= 4 is 5.97 Å². The third-order valence-corrected chi connectivity index (χ3v) is 3.04. The number of carboxylic acid groups (broad SMARTS) is 1. The van der Waals surface area contributed by atoms with Gasteiger partial charge >= 0.3 is 5.97 Å². The van der Waals surface area contributed by atoms with Crippen LogP contribution in [0.2, 0.25) is 0 Å². The minimum atomic E-state index is -0.926. The number of rotatable bonds is 5. The maximum atomic E-state index is 10.8. The van der Waals surface area contributed by atoms with Crippen molar-refractivity contribution in [3.63, 3.8) is 0 Å². The van der Waals surface area contributed by atoms with E-state index in [1.54, 1.807) is 0 Å². The quantitative estimate of drug-likeness (QED) is 0.824. The fourth-order valence-corrected chi connectivity index (χ4v) is 2.08. The molecule has 0 aromatic heterocycles. The zero-order valence-corrected chi connectivity index (χ0v) is 12.3. The van der Waals surface area contributed by atoms with E-state index in [4.69, 9.17) is 9.84 Å². The van der Waals surface area contributed by atoms with Crippen LogP contribution in [0, 0.1) is 26.7 Å². The summed E-state index contributed by atoms with van der Waals surface area (Å²) in [5.41, 5.74) is 4.14. The van der Waals surface area contributed by atoms with E-state index < -0.39 is 5.97 Å². The third-order valence-electron chi connectivity index (χ3n) is 3.04. The number of aliphatic carboxylic acids is 1. The molecule has 0 aliphatic heterocycles. The SMILES string of the molecule is Cc1cc(C)c(OC/C(=C/C(=O)O)C(C)C)c(C)c1. The minimum absolute atomic E-state index is 0.155. The summed E-state index contributed by atoms with van der Waals surface area (Å²) < 4.78 is 5.82. The van der Waals surface area contributed by atoms with Gasteiger partial charge in [-0.3, -0.25) is 0 Å². The summed E-state index contributed by atoms with van der Waals surface area (Å²) in [5, 5.41) is 8.84. The molecule has 1 aromatic rings. The summed E-state index contributed by atoms with van der Waals surface area (Å²) in [5.74, 6) is 0.0781. The van der Waals surface area contributed by atoms with Gasteiger partial charge in [0, 0.05) is 6.08 Å². The van der Waals surface area contributed by atoms with Gasteiger partial charge in [0.05, 0.1) is 0 Å². The molecule has 3 nitrogen and oxygen atoms in total. The smallest absolute Gasteiger partial charge is 0.328 e. The van der Waals surface area contributed by atoms with E-state index in [1.807, 2.05) is 34.6 Å². The van der Waals surface area contributed by atoms with Crippen molar-refractivity contribution in [1.29, 1.82) is 0 Å². The molecule has 0 amide bonds. The third kappa shape index (κ3) is 4.43. The Balaban J connectivity index is 2.89. The molecule has 0 saturated heterocycles. The van der Waals surface area contributed by atoms with Crippen LogP contribution in [0.5, 0.6) is 5.75 Å². The molecule has 0 unspecified atom stereocenters. The van der Waals surface area contributed by atoms with Crippen LogP contribution in [-0.4, -0.2) is 17.7 Å². The van der Waals surface area contributed by atoms with Crippen LogP contribution in [0.25, 0.3) is 0 Å². The topological polar surface area (TPSA) is 46.5 Å². The maximum Gasteiger partial charge on any atom is 0.328 e. The highest BCUT2D eigenvalue weighted by Gasteiger charge is 2.10.